The summed E-state index contributed by atoms with van der Waals surface area (Å²) < 4.78 is 16.2. The molecule has 0 saturated carbocycles. The maximum Gasteiger partial charge on any atom is 0.275 e. The zero-order valence-electron chi connectivity index (χ0n) is 16.3. The topological polar surface area (TPSA) is 69.2 Å². The van der Waals surface area contributed by atoms with Gasteiger partial charge in [0.2, 0.25) is 0 Å². The Morgan fingerprint density at radius 1 is 0.931 bits per heavy atom. The van der Waals surface area contributed by atoms with Crippen molar-refractivity contribution in [1.29, 1.82) is 0 Å². The van der Waals surface area contributed by atoms with Crippen molar-refractivity contribution in [3.63, 3.8) is 0 Å². The zero-order chi connectivity index (χ0) is 20.5. The smallest absolute Gasteiger partial charge is 0.275 e. The average Bonchev–Trinajstić information content (AvgIpc) is 2.78. The summed E-state index contributed by atoms with van der Waals surface area (Å²) >= 11 is 0. The van der Waals surface area contributed by atoms with Gasteiger partial charge in [-0.25, -0.2) is 5.43 Å². The van der Waals surface area contributed by atoms with E-state index in [1.54, 1.807) is 31.5 Å². The quantitative estimate of drug-likeness (QED) is 0.465. The third-order valence-corrected chi connectivity index (χ3v) is 4.14. The molecule has 0 bridgehead atoms. The molecule has 3 aromatic rings. The van der Waals surface area contributed by atoms with E-state index in [-0.39, 0.29) is 5.91 Å². The summed E-state index contributed by atoms with van der Waals surface area (Å²) in [7, 11) is 3.05. The first-order valence-corrected chi connectivity index (χ1v) is 9.02. The molecule has 0 unspecified atom stereocenters. The van der Waals surface area contributed by atoms with Crippen LogP contribution in [0.2, 0.25) is 0 Å². The number of benzene rings is 3. The Hall–Kier alpha value is -3.80. The lowest BCUT2D eigenvalue weighted by atomic mass is 10.2. The summed E-state index contributed by atoms with van der Waals surface area (Å²) in [6, 6.07) is 22.4. The second-order valence-electron chi connectivity index (χ2n) is 6.11. The number of ether oxygens (including phenoxy) is 3. The third-order valence-electron chi connectivity index (χ3n) is 4.14. The van der Waals surface area contributed by atoms with Crippen molar-refractivity contribution in [3.8, 4) is 17.2 Å². The van der Waals surface area contributed by atoms with Crippen LogP contribution < -0.4 is 19.6 Å². The van der Waals surface area contributed by atoms with Gasteiger partial charge in [-0.1, -0.05) is 42.5 Å². The van der Waals surface area contributed by atoms with Gasteiger partial charge in [-0.15, -0.1) is 0 Å². The van der Waals surface area contributed by atoms with Gasteiger partial charge in [0.15, 0.2) is 0 Å². The monoisotopic (exact) mass is 390 g/mol. The molecule has 29 heavy (non-hydrogen) atoms. The van der Waals surface area contributed by atoms with E-state index in [1.165, 1.54) is 7.11 Å². The Morgan fingerprint density at radius 2 is 1.76 bits per heavy atom. The SMILES string of the molecule is COc1ccc(C(=O)N/N=C\c2cccc(OCc3ccccc3)c2)c(OC)c1. The van der Waals surface area contributed by atoms with E-state index < -0.39 is 0 Å². The molecule has 6 heteroatoms. The Balaban J connectivity index is 1.61. The van der Waals surface area contributed by atoms with Gasteiger partial charge in [0.1, 0.15) is 23.9 Å². The van der Waals surface area contributed by atoms with Crippen LogP contribution in [0, 0.1) is 0 Å². The van der Waals surface area contributed by atoms with E-state index in [1.807, 2.05) is 54.6 Å². The van der Waals surface area contributed by atoms with Gasteiger partial charge < -0.3 is 14.2 Å². The van der Waals surface area contributed by atoms with Crippen LogP contribution in [0.3, 0.4) is 0 Å². The first kappa shape index (κ1) is 19.9. The molecular weight excluding hydrogens is 368 g/mol. The second-order valence-corrected chi connectivity index (χ2v) is 6.11. The number of nitrogens with one attached hydrogen (secondary N) is 1. The van der Waals surface area contributed by atoms with Crippen molar-refractivity contribution in [2.45, 2.75) is 6.61 Å². The molecule has 0 aliphatic rings. The highest BCUT2D eigenvalue weighted by molar-refractivity contribution is 5.97. The van der Waals surface area contributed by atoms with Gasteiger partial charge in [0.25, 0.3) is 5.91 Å². The highest BCUT2D eigenvalue weighted by Crippen LogP contribution is 2.24. The molecule has 0 radical (unpaired) electrons. The van der Waals surface area contributed by atoms with Crippen LogP contribution in [-0.4, -0.2) is 26.3 Å². The summed E-state index contributed by atoms with van der Waals surface area (Å²) in [6.45, 7) is 0.482. The minimum absolute atomic E-state index is 0.366. The molecule has 1 amide bonds. The fourth-order valence-corrected chi connectivity index (χ4v) is 2.64. The Morgan fingerprint density at radius 3 is 2.52 bits per heavy atom. The van der Waals surface area contributed by atoms with Crippen molar-refractivity contribution in [1.82, 2.24) is 5.43 Å². The number of rotatable bonds is 8. The molecule has 1 N–H and O–H groups in total. The van der Waals surface area contributed by atoms with Gasteiger partial charge in [0.05, 0.1) is 26.0 Å². The van der Waals surface area contributed by atoms with Crippen LogP contribution in [0.5, 0.6) is 17.2 Å². The van der Waals surface area contributed by atoms with E-state index in [9.17, 15) is 4.79 Å². The number of hydrazone groups is 1. The summed E-state index contributed by atoms with van der Waals surface area (Å²) in [6.07, 6.45) is 1.56. The van der Waals surface area contributed by atoms with Crippen molar-refractivity contribution < 1.29 is 19.0 Å². The van der Waals surface area contributed by atoms with Crippen LogP contribution in [0.25, 0.3) is 0 Å². The van der Waals surface area contributed by atoms with E-state index in [0.717, 1.165) is 16.9 Å². The largest absolute Gasteiger partial charge is 0.497 e. The molecule has 0 heterocycles. The van der Waals surface area contributed by atoms with Crippen LogP contribution in [0.15, 0.2) is 77.9 Å². The van der Waals surface area contributed by atoms with Crippen LogP contribution in [-0.2, 0) is 6.61 Å². The lowest BCUT2D eigenvalue weighted by molar-refractivity contribution is 0.0952. The molecule has 3 aromatic carbocycles. The molecule has 0 atom stereocenters. The third kappa shape index (κ3) is 5.59. The lowest BCUT2D eigenvalue weighted by Crippen LogP contribution is -2.18. The highest BCUT2D eigenvalue weighted by atomic mass is 16.5. The van der Waals surface area contributed by atoms with Gasteiger partial charge >= 0.3 is 0 Å². The van der Waals surface area contributed by atoms with Crippen LogP contribution >= 0.6 is 0 Å². The number of hydrogen-bond acceptors (Lipinski definition) is 5. The summed E-state index contributed by atoms with van der Waals surface area (Å²) in [5, 5.41) is 4.03. The molecule has 148 valence electrons. The second kappa shape index (κ2) is 9.94. The first-order chi connectivity index (χ1) is 14.2. The fourth-order valence-electron chi connectivity index (χ4n) is 2.64. The number of carbonyl (C=O) groups is 1. The maximum atomic E-state index is 12.4. The van der Waals surface area contributed by atoms with Gasteiger partial charge in [0, 0.05) is 6.07 Å². The van der Waals surface area contributed by atoms with Crippen molar-refractivity contribution >= 4 is 12.1 Å². The van der Waals surface area contributed by atoms with Crippen molar-refractivity contribution in [3.05, 3.63) is 89.5 Å². The van der Waals surface area contributed by atoms with Crippen LogP contribution in [0.1, 0.15) is 21.5 Å². The molecule has 0 saturated heterocycles. The zero-order valence-corrected chi connectivity index (χ0v) is 16.3. The van der Waals surface area contributed by atoms with Gasteiger partial charge in [-0.3, -0.25) is 4.79 Å². The molecule has 0 fully saturated rings. The normalized spacial score (nSPS) is 10.6. The summed E-state index contributed by atoms with van der Waals surface area (Å²) in [5.74, 6) is 1.36. The van der Waals surface area contributed by atoms with E-state index in [4.69, 9.17) is 14.2 Å². The summed E-state index contributed by atoms with van der Waals surface area (Å²) in [5.41, 5.74) is 4.77. The molecule has 3 rings (SSSR count). The number of amides is 1. The van der Waals surface area contributed by atoms with E-state index in [2.05, 4.69) is 10.5 Å². The number of nitrogens with zero attached hydrogens (tertiary/aromatic N) is 1. The average molecular weight is 390 g/mol. The molecule has 0 aromatic heterocycles. The minimum Gasteiger partial charge on any atom is -0.497 e. The highest BCUT2D eigenvalue weighted by Gasteiger charge is 2.12. The first-order valence-electron chi connectivity index (χ1n) is 9.02. The predicted octanol–water partition coefficient (Wildman–Crippen LogP) is 4.05. The fraction of sp³-hybridized carbons (Fsp3) is 0.130. The van der Waals surface area contributed by atoms with Crippen molar-refractivity contribution in [2.24, 2.45) is 5.10 Å². The number of hydrogen-bond donors (Lipinski definition) is 1. The molecule has 0 spiro atoms. The Kier molecular flexibility index (Phi) is 6.84. The lowest BCUT2D eigenvalue weighted by Gasteiger charge is -2.09. The van der Waals surface area contributed by atoms with Crippen molar-refractivity contribution in [2.75, 3.05) is 14.2 Å². The molecule has 0 aliphatic heterocycles. The number of carbonyl (C=O) groups excluding carboxylic acids is 1. The Labute approximate surface area is 169 Å². The van der Waals surface area contributed by atoms with E-state index >= 15 is 0 Å². The van der Waals surface area contributed by atoms with Crippen LogP contribution in [0.4, 0.5) is 0 Å². The van der Waals surface area contributed by atoms with Gasteiger partial charge in [-0.05, 0) is 35.4 Å². The van der Waals surface area contributed by atoms with Gasteiger partial charge in [-0.2, -0.15) is 5.10 Å². The standard InChI is InChI=1S/C23H22N2O4/c1-27-19-11-12-21(22(14-19)28-2)23(26)25-24-15-18-9-6-10-20(13-18)29-16-17-7-4-3-5-8-17/h3-15H,16H2,1-2H3,(H,25,26)/b24-15-. The van der Waals surface area contributed by atoms with E-state index in [0.29, 0.717) is 23.7 Å². The minimum atomic E-state index is -0.378. The maximum absolute atomic E-state index is 12.4. The predicted molar refractivity (Wildman–Crippen MR) is 112 cm³/mol. The summed E-state index contributed by atoms with van der Waals surface area (Å²) in [4.78, 5) is 12.4. The molecule has 0 aliphatic carbocycles. The Bertz CT molecular complexity index is 987. The number of methoxy groups -OCH3 is 2. The molecular formula is C23H22N2O4. The molecule has 6 nitrogen and oxygen atoms in total.